The number of nitrogens with zero attached hydrogens (tertiary/aromatic N) is 2. The molecule has 0 saturated carbocycles. The van der Waals surface area contributed by atoms with Crippen LogP contribution in [0.25, 0.3) is 0 Å². The summed E-state index contributed by atoms with van der Waals surface area (Å²) >= 11 is 0. The average Bonchev–Trinajstić information content (AvgIpc) is 3.26. The second-order valence-corrected chi connectivity index (χ2v) is 13.5. The number of alkyl halides is 5. The first-order valence-electron chi connectivity index (χ1n) is 15.0. The van der Waals surface area contributed by atoms with E-state index < -0.39 is 41.9 Å². The molecule has 238 valence electrons. The Balaban J connectivity index is 1.35. The largest absolute Gasteiger partial charge is 0.573 e. The first-order chi connectivity index (χ1) is 20.0. The summed E-state index contributed by atoms with van der Waals surface area (Å²) in [6.45, 7) is 11.4. The minimum atomic E-state index is -4.83. The number of aryl methyl sites for hydroxylation is 1. The molecule has 2 fully saturated rings. The fraction of sp³-hybridized carbons (Fsp3) is 0.606. The molecule has 10 heteroatoms. The molecule has 0 spiro atoms. The first-order valence-corrected chi connectivity index (χ1v) is 15.0. The number of benzene rings is 2. The predicted molar refractivity (Wildman–Crippen MR) is 155 cm³/mol. The van der Waals surface area contributed by atoms with Crippen molar-refractivity contribution in [3.63, 3.8) is 0 Å². The van der Waals surface area contributed by atoms with Crippen molar-refractivity contribution in [2.45, 2.75) is 77.6 Å². The summed E-state index contributed by atoms with van der Waals surface area (Å²) in [5.41, 5.74) is 2.20. The van der Waals surface area contributed by atoms with Crippen molar-refractivity contribution in [2.24, 2.45) is 17.3 Å². The maximum absolute atomic E-state index is 15.0. The van der Waals surface area contributed by atoms with Gasteiger partial charge in [-0.2, -0.15) is 0 Å². The first kappa shape index (κ1) is 33.2. The van der Waals surface area contributed by atoms with E-state index in [1.54, 1.807) is 0 Å². The van der Waals surface area contributed by atoms with Gasteiger partial charge in [0.1, 0.15) is 11.8 Å². The van der Waals surface area contributed by atoms with Crippen LogP contribution in [-0.2, 0) is 11.2 Å². The molecule has 4 rings (SSSR count). The van der Waals surface area contributed by atoms with Crippen molar-refractivity contribution in [2.75, 3.05) is 32.7 Å². The predicted octanol–water partition coefficient (Wildman–Crippen LogP) is 7.39. The number of rotatable bonds is 10. The van der Waals surface area contributed by atoms with Crippen molar-refractivity contribution in [1.29, 1.82) is 0 Å². The summed E-state index contributed by atoms with van der Waals surface area (Å²) in [4.78, 5) is 16.7. The molecular weight excluding hydrogens is 567 g/mol. The Morgan fingerprint density at radius 3 is 2.21 bits per heavy atom. The zero-order valence-electron chi connectivity index (χ0n) is 25.3. The standard InChI is InChI=1S/C33H43F5N2O3/c1-22-6-5-7-25(16-22)28-21-40(29(30(41)42)31(2,3)4)20-26(28)19-39-14-12-24(13-15-39)18-32(34,35)17-23-8-10-27(11-9-23)43-33(36,37)38/h5-11,16,24,26,28-29H,12-15,17-21H2,1-4H3,(H,41,42). The number of hydrogen-bond donors (Lipinski definition) is 1. The number of ether oxygens (including phenoxy) is 1. The smallest absolute Gasteiger partial charge is 0.480 e. The van der Waals surface area contributed by atoms with Gasteiger partial charge in [0.25, 0.3) is 5.92 Å². The lowest BCUT2D eigenvalue weighted by molar-refractivity contribution is -0.274. The lowest BCUT2D eigenvalue weighted by Crippen LogP contribution is -2.48. The minimum Gasteiger partial charge on any atom is -0.480 e. The minimum absolute atomic E-state index is 0.149. The van der Waals surface area contributed by atoms with E-state index in [1.807, 2.05) is 26.8 Å². The molecule has 2 heterocycles. The van der Waals surface area contributed by atoms with Crippen molar-refractivity contribution in [3.8, 4) is 5.75 Å². The highest BCUT2D eigenvalue weighted by Gasteiger charge is 2.45. The van der Waals surface area contributed by atoms with E-state index in [1.165, 1.54) is 17.7 Å². The van der Waals surface area contributed by atoms with E-state index in [-0.39, 0.29) is 29.7 Å². The molecule has 0 amide bonds. The molecule has 0 bridgehead atoms. The molecular formula is C33H43F5N2O3. The van der Waals surface area contributed by atoms with Gasteiger partial charge in [-0.05, 0) is 73.4 Å². The SMILES string of the molecule is Cc1cccc(C2CN(C(C(=O)O)C(C)(C)C)CC2CN2CCC(CC(F)(F)Cc3ccc(OC(F)(F)F)cc3)CC2)c1. The highest BCUT2D eigenvalue weighted by molar-refractivity contribution is 5.74. The highest BCUT2D eigenvalue weighted by Crippen LogP contribution is 2.39. The van der Waals surface area contributed by atoms with Crippen LogP contribution in [0, 0.1) is 24.2 Å². The molecule has 43 heavy (non-hydrogen) atoms. The van der Waals surface area contributed by atoms with Crippen LogP contribution in [0.5, 0.6) is 5.75 Å². The van der Waals surface area contributed by atoms with E-state index >= 15 is 0 Å². The summed E-state index contributed by atoms with van der Waals surface area (Å²) in [5.74, 6) is -3.97. The second-order valence-electron chi connectivity index (χ2n) is 13.5. The molecule has 3 atom stereocenters. The Labute approximate surface area is 251 Å². The molecule has 0 aromatic heterocycles. The van der Waals surface area contributed by atoms with Gasteiger partial charge in [0.15, 0.2) is 0 Å². The fourth-order valence-electron chi connectivity index (χ4n) is 6.96. The number of carboxylic acid groups (broad SMARTS) is 1. The molecule has 5 nitrogen and oxygen atoms in total. The molecule has 3 unspecified atom stereocenters. The number of likely N-dealkylation sites (tertiary alicyclic amines) is 2. The van der Waals surface area contributed by atoms with E-state index in [0.717, 1.165) is 24.2 Å². The molecule has 2 aliphatic heterocycles. The summed E-state index contributed by atoms with van der Waals surface area (Å²) < 4.78 is 70.9. The fourth-order valence-corrected chi connectivity index (χ4v) is 6.96. The van der Waals surface area contributed by atoms with Crippen LogP contribution in [0.4, 0.5) is 22.0 Å². The maximum atomic E-state index is 15.0. The van der Waals surface area contributed by atoms with Crippen LogP contribution in [-0.4, -0.2) is 71.9 Å². The Hall–Kier alpha value is -2.72. The molecule has 2 aromatic carbocycles. The van der Waals surface area contributed by atoms with Gasteiger partial charge in [-0.1, -0.05) is 62.7 Å². The molecule has 0 radical (unpaired) electrons. The number of carbonyl (C=O) groups is 1. The number of aliphatic carboxylic acids is 1. The van der Waals surface area contributed by atoms with Gasteiger partial charge in [0.2, 0.25) is 0 Å². The average molecular weight is 611 g/mol. The number of hydrogen-bond acceptors (Lipinski definition) is 4. The van der Waals surface area contributed by atoms with Crippen molar-refractivity contribution in [3.05, 3.63) is 65.2 Å². The summed E-state index contributed by atoms with van der Waals surface area (Å²) in [6.07, 6.45) is -4.35. The van der Waals surface area contributed by atoms with Gasteiger partial charge < -0.3 is 14.7 Å². The van der Waals surface area contributed by atoms with Crippen LogP contribution in [0.2, 0.25) is 0 Å². The lowest BCUT2D eigenvalue weighted by atomic mass is 9.85. The number of carboxylic acids is 1. The van der Waals surface area contributed by atoms with E-state index in [0.29, 0.717) is 39.0 Å². The van der Waals surface area contributed by atoms with E-state index in [4.69, 9.17) is 0 Å². The molecule has 0 aliphatic carbocycles. The molecule has 2 aromatic rings. The third-order valence-electron chi connectivity index (χ3n) is 8.77. The second kappa shape index (κ2) is 13.1. The number of piperidine rings is 1. The van der Waals surface area contributed by atoms with Crippen molar-refractivity contribution in [1.82, 2.24) is 9.80 Å². The Bertz CT molecular complexity index is 1220. The molecule has 2 aliphatic rings. The van der Waals surface area contributed by atoms with Gasteiger partial charge in [0.05, 0.1) is 0 Å². The van der Waals surface area contributed by atoms with Gasteiger partial charge in [-0.15, -0.1) is 13.2 Å². The molecule has 1 N–H and O–H groups in total. The van der Waals surface area contributed by atoms with Crippen LogP contribution in [0.3, 0.4) is 0 Å². The van der Waals surface area contributed by atoms with Crippen LogP contribution < -0.4 is 4.74 Å². The zero-order valence-corrected chi connectivity index (χ0v) is 25.3. The Kier molecular flexibility index (Phi) is 10.1. The van der Waals surface area contributed by atoms with Gasteiger partial charge in [0, 0.05) is 38.4 Å². The highest BCUT2D eigenvalue weighted by atomic mass is 19.4. The van der Waals surface area contributed by atoms with Crippen LogP contribution in [0.1, 0.15) is 62.6 Å². The maximum Gasteiger partial charge on any atom is 0.573 e. The summed E-state index contributed by atoms with van der Waals surface area (Å²) in [5, 5.41) is 10.1. The topological polar surface area (TPSA) is 53.0 Å². The Morgan fingerprint density at radius 1 is 1.00 bits per heavy atom. The van der Waals surface area contributed by atoms with Crippen molar-refractivity contribution >= 4 is 5.97 Å². The summed E-state index contributed by atoms with van der Waals surface area (Å²) in [7, 11) is 0. The van der Waals surface area contributed by atoms with Crippen LogP contribution in [0.15, 0.2) is 48.5 Å². The van der Waals surface area contributed by atoms with Crippen molar-refractivity contribution < 1.29 is 36.6 Å². The van der Waals surface area contributed by atoms with E-state index in [2.05, 4.69) is 39.7 Å². The van der Waals surface area contributed by atoms with Gasteiger partial charge >= 0.3 is 12.3 Å². The third-order valence-corrected chi connectivity index (χ3v) is 8.77. The van der Waals surface area contributed by atoms with Gasteiger partial charge in [-0.25, -0.2) is 8.78 Å². The monoisotopic (exact) mass is 610 g/mol. The van der Waals surface area contributed by atoms with Gasteiger partial charge in [-0.3, -0.25) is 9.69 Å². The normalized spacial score (nSPS) is 22.1. The van der Waals surface area contributed by atoms with Crippen LogP contribution >= 0.6 is 0 Å². The zero-order chi connectivity index (χ0) is 31.6. The quantitative estimate of drug-likeness (QED) is 0.285. The third kappa shape index (κ3) is 9.38. The number of halogens is 5. The van der Waals surface area contributed by atoms with E-state index in [9.17, 15) is 31.9 Å². The summed E-state index contributed by atoms with van der Waals surface area (Å²) in [6, 6.07) is 12.4. The lowest BCUT2D eigenvalue weighted by Gasteiger charge is -2.36. The Morgan fingerprint density at radius 2 is 1.65 bits per heavy atom. The molecule has 2 saturated heterocycles.